The molecule has 5 rings (SSSR count). The lowest BCUT2D eigenvalue weighted by molar-refractivity contribution is 0.0419. The molecule has 2 aliphatic heterocycles. The number of rotatable bonds is 5. The molecule has 2 aromatic carbocycles. The molecule has 30 heavy (non-hydrogen) atoms. The lowest BCUT2D eigenvalue weighted by atomic mass is 9.90. The minimum atomic E-state index is -0.220. The van der Waals surface area contributed by atoms with Gasteiger partial charge in [0.05, 0.1) is 11.1 Å². The fourth-order valence-corrected chi connectivity index (χ4v) is 4.44. The largest absolute Gasteiger partial charge is 0.390 e. The van der Waals surface area contributed by atoms with Crippen LogP contribution in [-0.2, 0) is 11.3 Å². The molecule has 0 bridgehead atoms. The monoisotopic (exact) mass is 409 g/mol. The van der Waals surface area contributed by atoms with Crippen molar-refractivity contribution in [3.8, 4) is 0 Å². The lowest BCUT2D eigenvalue weighted by Gasteiger charge is -2.33. The van der Waals surface area contributed by atoms with Gasteiger partial charge in [0, 0.05) is 18.5 Å². The summed E-state index contributed by atoms with van der Waals surface area (Å²) < 4.78 is 18.3. The number of hydrogen-bond donors (Lipinski definition) is 1. The van der Waals surface area contributed by atoms with E-state index in [4.69, 9.17) is 9.36 Å². The second kappa shape index (κ2) is 8.07. The van der Waals surface area contributed by atoms with E-state index in [1.165, 1.54) is 5.56 Å². The van der Waals surface area contributed by atoms with E-state index in [2.05, 4.69) is 15.2 Å². The number of nitrogens with zero attached hydrogens (tertiary/aromatic N) is 2. The Morgan fingerprint density at radius 2 is 1.93 bits per heavy atom. The summed E-state index contributed by atoms with van der Waals surface area (Å²) >= 11 is 0. The Labute approximate surface area is 173 Å². The number of H-pyrrole nitrogens is 1. The number of likely N-dealkylation sites (tertiary alicyclic amines) is 1. The summed E-state index contributed by atoms with van der Waals surface area (Å²) in [4.78, 5) is 19.7. The highest BCUT2D eigenvalue weighted by Gasteiger charge is 2.27. The van der Waals surface area contributed by atoms with E-state index >= 15 is 0 Å². The Morgan fingerprint density at radius 3 is 2.73 bits per heavy atom. The van der Waals surface area contributed by atoms with Gasteiger partial charge in [-0.3, -0.25) is 9.69 Å². The van der Waals surface area contributed by atoms with E-state index in [9.17, 15) is 9.18 Å². The molecular weight excluding hydrogens is 385 g/mol. The smallest absolute Gasteiger partial charge is 0.287 e. The molecule has 156 valence electrons. The zero-order valence-corrected chi connectivity index (χ0v) is 16.6. The van der Waals surface area contributed by atoms with Gasteiger partial charge in [-0.25, -0.2) is 4.39 Å². The molecule has 0 amide bonds. The fourth-order valence-electron chi connectivity index (χ4n) is 4.44. The first-order chi connectivity index (χ1) is 14.6. The molecule has 1 saturated heterocycles. The minimum Gasteiger partial charge on any atom is -0.390 e. The summed E-state index contributed by atoms with van der Waals surface area (Å²) in [7, 11) is 0. The molecule has 0 radical (unpaired) electrons. The number of fused-ring (bicyclic) bond motifs is 1. The summed E-state index contributed by atoms with van der Waals surface area (Å²) in [6.45, 7) is 2.95. The summed E-state index contributed by atoms with van der Waals surface area (Å²) in [6, 6.07) is 12.3. The van der Waals surface area contributed by atoms with Gasteiger partial charge in [0.25, 0.3) is 5.56 Å². The van der Waals surface area contributed by atoms with E-state index in [0.717, 1.165) is 56.6 Å². The molecule has 0 spiro atoms. The molecule has 1 aromatic heterocycles. The Morgan fingerprint density at radius 1 is 1.13 bits per heavy atom. The van der Waals surface area contributed by atoms with Crippen molar-refractivity contribution in [2.45, 2.75) is 31.8 Å². The molecule has 7 heteroatoms. The molecule has 0 aliphatic carbocycles. The number of oxime groups is 1. The molecule has 6 nitrogen and oxygen atoms in total. The van der Waals surface area contributed by atoms with Crippen LogP contribution in [0.15, 0.2) is 56.9 Å². The lowest BCUT2D eigenvalue weighted by Crippen LogP contribution is -2.39. The van der Waals surface area contributed by atoms with Crippen LogP contribution in [-0.4, -0.2) is 41.5 Å². The Hall–Kier alpha value is -2.93. The maximum atomic E-state index is 13.1. The van der Waals surface area contributed by atoms with E-state index < -0.39 is 0 Å². The second-order valence-corrected chi connectivity index (χ2v) is 8.29. The van der Waals surface area contributed by atoms with Crippen LogP contribution >= 0.6 is 0 Å². The Balaban J connectivity index is 1.12. The van der Waals surface area contributed by atoms with Crippen LogP contribution in [0.3, 0.4) is 0 Å². The van der Waals surface area contributed by atoms with Crippen LogP contribution in [0.1, 0.15) is 30.4 Å². The normalized spacial score (nSPS) is 20.4. The van der Waals surface area contributed by atoms with Crippen molar-refractivity contribution in [2.24, 2.45) is 11.1 Å². The zero-order valence-electron chi connectivity index (χ0n) is 16.6. The number of piperidine rings is 1. The highest BCUT2D eigenvalue weighted by Crippen LogP contribution is 2.25. The summed E-state index contributed by atoms with van der Waals surface area (Å²) in [6.07, 6.45) is 4.08. The predicted molar refractivity (Wildman–Crippen MR) is 112 cm³/mol. The zero-order chi connectivity index (χ0) is 20.5. The standard InChI is InChI=1S/C23H24FN3O3/c24-18-4-1-15(2-5-18)11-16-7-9-27(10-8-16)14-19-13-21(25-29-19)17-3-6-20-22(12-17)30-26-23(20)28/h1-6,12,16,19H,7-11,13-14H2,(H,26,28)/t19-/m0/s1. The first kappa shape index (κ1) is 19.1. The van der Waals surface area contributed by atoms with Gasteiger partial charge in [0.2, 0.25) is 0 Å². The van der Waals surface area contributed by atoms with E-state index in [1.807, 2.05) is 24.3 Å². The molecule has 3 aromatic rings. The van der Waals surface area contributed by atoms with Gasteiger partial charge in [-0.05, 0) is 68.1 Å². The first-order valence-corrected chi connectivity index (χ1v) is 10.4. The van der Waals surface area contributed by atoms with Crippen LogP contribution in [0.4, 0.5) is 4.39 Å². The highest BCUT2D eigenvalue weighted by molar-refractivity contribution is 6.03. The van der Waals surface area contributed by atoms with Crippen LogP contribution < -0.4 is 5.56 Å². The quantitative estimate of drug-likeness (QED) is 0.697. The third kappa shape index (κ3) is 4.03. The topological polar surface area (TPSA) is 70.8 Å². The first-order valence-electron chi connectivity index (χ1n) is 10.4. The average Bonchev–Trinajstić information content (AvgIpc) is 3.38. The summed E-state index contributed by atoms with van der Waals surface area (Å²) in [5.74, 6) is 0.468. The third-order valence-electron chi connectivity index (χ3n) is 6.15. The van der Waals surface area contributed by atoms with Crippen LogP contribution in [0.5, 0.6) is 0 Å². The van der Waals surface area contributed by atoms with Crippen molar-refractivity contribution in [1.82, 2.24) is 10.1 Å². The molecule has 3 heterocycles. The van der Waals surface area contributed by atoms with E-state index in [0.29, 0.717) is 16.9 Å². The van der Waals surface area contributed by atoms with Gasteiger partial charge in [0.15, 0.2) is 5.58 Å². The van der Waals surface area contributed by atoms with Crippen molar-refractivity contribution >= 4 is 16.7 Å². The van der Waals surface area contributed by atoms with Crippen molar-refractivity contribution in [3.63, 3.8) is 0 Å². The number of aromatic amines is 1. The van der Waals surface area contributed by atoms with Crippen LogP contribution in [0.25, 0.3) is 11.0 Å². The van der Waals surface area contributed by atoms with Gasteiger partial charge in [-0.1, -0.05) is 23.4 Å². The SMILES string of the molecule is O=c1[nH]oc2cc(C3=NO[C@H](CN4CCC(Cc5ccc(F)cc5)CC4)C3)ccc12. The van der Waals surface area contributed by atoms with Gasteiger partial charge in [-0.15, -0.1) is 0 Å². The molecule has 0 saturated carbocycles. The van der Waals surface area contributed by atoms with E-state index in [-0.39, 0.29) is 17.5 Å². The molecule has 1 atom stereocenters. The van der Waals surface area contributed by atoms with Crippen molar-refractivity contribution < 1.29 is 13.8 Å². The van der Waals surface area contributed by atoms with Crippen LogP contribution in [0.2, 0.25) is 0 Å². The van der Waals surface area contributed by atoms with Gasteiger partial charge in [0.1, 0.15) is 11.9 Å². The van der Waals surface area contributed by atoms with Crippen molar-refractivity contribution in [3.05, 3.63) is 69.8 Å². The predicted octanol–water partition coefficient (Wildman–Crippen LogP) is 3.71. The Kier molecular flexibility index (Phi) is 5.12. The number of halogens is 1. The van der Waals surface area contributed by atoms with Gasteiger partial charge < -0.3 is 9.36 Å². The molecule has 1 fully saturated rings. The van der Waals surface area contributed by atoms with Gasteiger partial charge in [-0.2, -0.15) is 5.16 Å². The average molecular weight is 409 g/mol. The van der Waals surface area contributed by atoms with Crippen molar-refractivity contribution in [1.29, 1.82) is 0 Å². The second-order valence-electron chi connectivity index (χ2n) is 8.29. The van der Waals surface area contributed by atoms with Gasteiger partial charge >= 0.3 is 0 Å². The molecule has 2 aliphatic rings. The third-order valence-corrected chi connectivity index (χ3v) is 6.15. The highest BCUT2D eigenvalue weighted by atomic mass is 19.1. The van der Waals surface area contributed by atoms with Crippen LogP contribution in [0, 0.1) is 11.7 Å². The number of nitrogens with one attached hydrogen (secondary N) is 1. The van der Waals surface area contributed by atoms with Crippen molar-refractivity contribution in [2.75, 3.05) is 19.6 Å². The molecule has 1 N–H and O–H groups in total. The maximum absolute atomic E-state index is 13.1. The number of hydrogen-bond acceptors (Lipinski definition) is 5. The number of benzene rings is 2. The van der Waals surface area contributed by atoms with E-state index in [1.54, 1.807) is 18.2 Å². The fraction of sp³-hybridized carbons (Fsp3) is 0.391. The Bertz CT molecular complexity index is 1110. The maximum Gasteiger partial charge on any atom is 0.287 e. The minimum absolute atomic E-state index is 0.0441. The summed E-state index contributed by atoms with van der Waals surface area (Å²) in [5.41, 5.74) is 3.33. The number of aromatic nitrogens is 1. The summed E-state index contributed by atoms with van der Waals surface area (Å²) in [5, 5.41) is 7.17. The molecular formula is C23H24FN3O3. The molecule has 0 unspecified atom stereocenters.